The number of halogens is 1. The lowest BCUT2D eigenvalue weighted by molar-refractivity contribution is 0.770. The van der Waals surface area contributed by atoms with E-state index in [2.05, 4.69) is 37.9 Å². The van der Waals surface area contributed by atoms with E-state index in [4.69, 9.17) is 0 Å². The molecule has 0 spiro atoms. The molecule has 0 fully saturated rings. The van der Waals surface area contributed by atoms with Crippen molar-refractivity contribution in [2.75, 3.05) is 0 Å². The third-order valence-corrected chi connectivity index (χ3v) is 2.94. The van der Waals surface area contributed by atoms with Crippen LogP contribution < -0.4 is 0 Å². The van der Waals surface area contributed by atoms with Crippen LogP contribution in [0.4, 0.5) is 0 Å². The number of hydrogen-bond acceptors (Lipinski definition) is 4. The first kappa shape index (κ1) is 8.11. The van der Waals surface area contributed by atoms with Crippen LogP contribution in [-0.4, -0.2) is 20.0 Å². The van der Waals surface area contributed by atoms with Gasteiger partial charge in [-0.05, 0) is 28.7 Å². The Morgan fingerprint density at radius 3 is 2.83 bits per heavy atom. The van der Waals surface area contributed by atoms with Gasteiger partial charge in [-0.25, -0.2) is 0 Å². The second-order valence-electron chi connectivity index (χ2n) is 2.23. The number of hydrogen-bond donors (Lipinski definition) is 0. The van der Waals surface area contributed by atoms with Gasteiger partial charge in [0.05, 0.1) is 0 Å². The van der Waals surface area contributed by atoms with Crippen molar-refractivity contribution in [3.05, 3.63) is 15.3 Å². The van der Waals surface area contributed by atoms with Crippen molar-refractivity contribution >= 4 is 33.9 Å². The summed E-state index contributed by atoms with van der Waals surface area (Å²) >= 11 is 3.69. The Bertz CT molecular complexity index is 355. The number of rotatable bonds is 1. The maximum absolute atomic E-state index is 4.22. The van der Waals surface area contributed by atoms with Crippen LogP contribution in [0, 0.1) is 3.01 Å². The first-order chi connectivity index (χ1) is 5.75. The van der Waals surface area contributed by atoms with E-state index in [9.17, 15) is 0 Å². The standard InChI is InChI=1S/C6H5IN4S/c1-11-3-2-4(10-11)5-8-9-6(7)12-5/h2-3H,1H3. The van der Waals surface area contributed by atoms with E-state index in [1.807, 2.05) is 19.3 Å². The molecule has 0 saturated heterocycles. The summed E-state index contributed by atoms with van der Waals surface area (Å²) in [4.78, 5) is 0. The lowest BCUT2D eigenvalue weighted by Crippen LogP contribution is -1.87. The Labute approximate surface area is 86.8 Å². The molecule has 6 heteroatoms. The predicted octanol–water partition coefficient (Wildman–Crippen LogP) is 1.54. The van der Waals surface area contributed by atoms with Crippen molar-refractivity contribution in [1.82, 2.24) is 20.0 Å². The molecule has 0 radical (unpaired) electrons. The molecule has 0 aliphatic carbocycles. The van der Waals surface area contributed by atoms with Crippen LogP contribution in [0.2, 0.25) is 0 Å². The van der Waals surface area contributed by atoms with Gasteiger partial charge >= 0.3 is 0 Å². The predicted molar refractivity (Wildman–Crippen MR) is 54.8 cm³/mol. The Kier molecular flexibility index (Phi) is 2.09. The van der Waals surface area contributed by atoms with Crippen LogP contribution in [0.5, 0.6) is 0 Å². The molecule has 0 aliphatic heterocycles. The maximum Gasteiger partial charge on any atom is 0.178 e. The molecule has 2 rings (SSSR count). The molecule has 0 unspecified atom stereocenters. The van der Waals surface area contributed by atoms with Gasteiger partial charge in [0.1, 0.15) is 5.69 Å². The molecule has 2 heterocycles. The van der Waals surface area contributed by atoms with E-state index in [1.54, 1.807) is 16.0 Å². The minimum Gasteiger partial charge on any atom is -0.275 e. The van der Waals surface area contributed by atoms with Gasteiger partial charge in [-0.2, -0.15) is 5.10 Å². The van der Waals surface area contributed by atoms with Crippen molar-refractivity contribution < 1.29 is 0 Å². The third kappa shape index (κ3) is 1.48. The van der Waals surface area contributed by atoms with Gasteiger partial charge < -0.3 is 0 Å². The molecule has 0 atom stereocenters. The Balaban J connectivity index is 2.43. The molecule has 0 aliphatic rings. The molecule has 4 nitrogen and oxygen atoms in total. The molecule has 2 aromatic rings. The smallest absolute Gasteiger partial charge is 0.178 e. The summed E-state index contributed by atoms with van der Waals surface area (Å²) in [6.07, 6.45) is 1.89. The molecule has 2 aromatic heterocycles. The first-order valence-electron chi connectivity index (χ1n) is 3.25. The molecule has 0 amide bonds. The topological polar surface area (TPSA) is 43.6 Å². The SMILES string of the molecule is Cn1ccc(-c2nnc(I)s2)n1. The lowest BCUT2D eigenvalue weighted by atomic mass is 10.5. The Morgan fingerprint density at radius 1 is 1.50 bits per heavy atom. The first-order valence-corrected chi connectivity index (χ1v) is 5.14. The zero-order chi connectivity index (χ0) is 8.55. The summed E-state index contributed by atoms with van der Waals surface area (Å²) in [5, 5.41) is 13.0. The normalized spacial score (nSPS) is 10.5. The number of aromatic nitrogens is 4. The van der Waals surface area contributed by atoms with Gasteiger partial charge in [0, 0.05) is 13.2 Å². The van der Waals surface area contributed by atoms with Gasteiger partial charge in [-0.15, -0.1) is 10.2 Å². The summed E-state index contributed by atoms with van der Waals surface area (Å²) < 4.78 is 2.69. The molecule has 12 heavy (non-hydrogen) atoms. The zero-order valence-corrected chi connectivity index (χ0v) is 9.20. The van der Waals surface area contributed by atoms with Crippen LogP contribution in [0.25, 0.3) is 10.7 Å². The number of aryl methyl sites for hydroxylation is 1. The van der Waals surface area contributed by atoms with E-state index >= 15 is 0 Å². The van der Waals surface area contributed by atoms with Crippen LogP contribution in [0.15, 0.2) is 12.3 Å². The van der Waals surface area contributed by atoms with E-state index in [1.165, 1.54) is 0 Å². The summed E-state index contributed by atoms with van der Waals surface area (Å²) in [7, 11) is 1.88. The van der Waals surface area contributed by atoms with Crippen LogP contribution in [-0.2, 0) is 7.05 Å². The van der Waals surface area contributed by atoms with Crippen LogP contribution in [0.3, 0.4) is 0 Å². The minimum atomic E-state index is 0.875. The van der Waals surface area contributed by atoms with Crippen LogP contribution >= 0.6 is 33.9 Å². The fourth-order valence-electron chi connectivity index (χ4n) is 0.838. The molecular formula is C6H5IN4S. The fraction of sp³-hybridized carbons (Fsp3) is 0.167. The molecular weight excluding hydrogens is 287 g/mol. The molecule has 62 valence electrons. The minimum absolute atomic E-state index is 0.875. The zero-order valence-electron chi connectivity index (χ0n) is 6.23. The molecule has 0 N–H and O–H groups in total. The second-order valence-corrected chi connectivity index (χ2v) is 4.97. The van der Waals surface area contributed by atoms with Gasteiger partial charge in [-0.3, -0.25) is 4.68 Å². The molecule has 0 saturated carbocycles. The highest BCUT2D eigenvalue weighted by molar-refractivity contribution is 14.1. The summed E-state index contributed by atoms with van der Waals surface area (Å²) in [5.74, 6) is 0. The van der Waals surface area contributed by atoms with Crippen molar-refractivity contribution in [2.24, 2.45) is 7.05 Å². The molecule has 0 aromatic carbocycles. The van der Waals surface area contributed by atoms with Crippen molar-refractivity contribution in [3.63, 3.8) is 0 Å². The highest BCUT2D eigenvalue weighted by atomic mass is 127. The summed E-state index contributed by atoms with van der Waals surface area (Å²) in [6.45, 7) is 0. The van der Waals surface area contributed by atoms with Gasteiger partial charge in [0.15, 0.2) is 8.02 Å². The van der Waals surface area contributed by atoms with Gasteiger partial charge in [0.2, 0.25) is 0 Å². The quantitative estimate of drug-likeness (QED) is 0.749. The monoisotopic (exact) mass is 292 g/mol. The van der Waals surface area contributed by atoms with Crippen LogP contribution in [0.1, 0.15) is 0 Å². The Hall–Kier alpha value is -0.500. The lowest BCUT2D eigenvalue weighted by Gasteiger charge is -1.84. The largest absolute Gasteiger partial charge is 0.275 e. The average molecular weight is 292 g/mol. The summed E-state index contributed by atoms with van der Waals surface area (Å²) in [6, 6.07) is 1.93. The Morgan fingerprint density at radius 2 is 2.33 bits per heavy atom. The highest BCUT2D eigenvalue weighted by Crippen LogP contribution is 2.21. The van der Waals surface area contributed by atoms with Gasteiger partial charge in [-0.1, -0.05) is 11.3 Å². The van der Waals surface area contributed by atoms with Crippen molar-refractivity contribution in [1.29, 1.82) is 0 Å². The summed E-state index contributed by atoms with van der Waals surface area (Å²) in [5.41, 5.74) is 0.887. The van der Waals surface area contributed by atoms with E-state index in [0.717, 1.165) is 13.7 Å². The highest BCUT2D eigenvalue weighted by Gasteiger charge is 2.06. The van der Waals surface area contributed by atoms with Gasteiger partial charge in [0.25, 0.3) is 0 Å². The van der Waals surface area contributed by atoms with E-state index in [0.29, 0.717) is 0 Å². The fourth-order valence-corrected chi connectivity index (χ4v) is 2.11. The third-order valence-electron chi connectivity index (χ3n) is 1.33. The van der Waals surface area contributed by atoms with E-state index < -0.39 is 0 Å². The second kappa shape index (κ2) is 3.09. The van der Waals surface area contributed by atoms with Crippen molar-refractivity contribution in [3.8, 4) is 10.7 Å². The molecule has 0 bridgehead atoms. The van der Waals surface area contributed by atoms with Crippen molar-refractivity contribution in [2.45, 2.75) is 0 Å². The number of nitrogens with zero attached hydrogens (tertiary/aromatic N) is 4. The maximum atomic E-state index is 4.22. The van der Waals surface area contributed by atoms with E-state index in [-0.39, 0.29) is 0 Å². The average Bonchev–Trinajstić information content (AvgIpc) is 2.58.